The molecule has 0 fully saturated rings. The maximum absolute atomic E-state index is 13.1. The maximum atomic E-state index is 13.1. The average Bonchev–Trinajstić information content (AvgIpc) is 2.80. The lowest BCUT2D eigenvalue weighted by Gasteiger charge is -2.26. The quantitative estimate of drug-likeness (QED) is 0.399. The Morgan fingerprint density at radius 3 is 1.69 bits per heavy atom. The number of alkyl halides is 3. The number of nitrogens with two attached hydrogens (primary N) is 1. The highest BCUT2D eigenvalue weighted by Gasteiger charge is 2.31. The van der Waals surface area contributed by atoms with Crippen molar-refractivity contribution in [3.05, 3.63) is 89.5 Å². The van der Waals surface area contributed by atoms with Gasteiger partial charge < -0.3 is 5.73 Å². The van der Waals surface area contributed by atoms with Crippen LogP contribution < -0.4 is 11.1 Å². The van der Waals surface area contributed by atoms with Crippen LogP contribution in [0.5, 0.6) is 0 Å². The van der Waals surface area contributed by atoms with E-state index in [1.165, 1.54) is 24.3 Å². The number of carbonyl (C=O) groups is 1. The van der Waals surface area contributed by atoms with Crippen molar-refractivity contribution in [2.45, 2.75) is 43.4 Å². The number of sulfone groups is 1. The summed E-state index contributed by atoms with van der Waals surface area (Å²) in [5.74, 6) is -0.372. The molecule has 3 aromatic carbocycles. The summed E-state index contributed by atoms with van der Waals surface area (Å²) in [6.45, 7) is 3.91. The SMILES string of the molecule is CC(C)C[C@H](N[C@@H](c1ccc(-c2ccc(S(C)(=O)=O)cc2)cc1)c1ccc(C(F)(F)F)cc1)C(N)=O. The molecule has 0 unspecified atom stereocenters. The van der Waals surface area contributed by atoms with Crippen molar-refractivity contribution in [3.8, 4) is 11.1 Å². The number of benzene rings is 3. The van der Waals surface area contributed by atoms with Gasteiger partial charge in [-0.3, -0.25) is 10.1 Å². The maximum Gasteiger partial charge on any atom is 0.416 e. The largest absolute Gasteiger partial charge is 0.416 e. The highest BCUT2D eigenvalue weighted by Crippen LogP contribution is 2.32. The molecule has 0 bridgehead atoms. The van der Waals surface area contributed by atoms with Gasteiger partial charge in [0.1, 0.15) is 0 Å². The molecule has 0 aliphatic heterocycles. The van der Waals surface area contributed by atoms with E-state index in [0.717, 1.165) is 35.1 Å². The lowest BCUT2D eigenvalue weighted by molar-refractivity contribution is -0.137. The summed E-state index contributed by atoms with van der Waals surface area (Å²) >= 11 is 0. The monoisotopic (exact) mass is 518 g/mol. The van der Waals surface area contributed by atoms with Crippen LogP contribution in [-0.2, 0) is 20.8 Å². The molecule has 1 amide bonds. The van der Waals surface area contributed by atoms with Crippen LogP contribution in [0.25, 0.3) is 11.1 Å². The van der Waals surface area contributed by atoms with Crippen LogP contribution in [0.15, 0.2) is 77.7 Å². The highest BCUT2D eigenvalue weighted by atomic mass is 32.2. The van der Waals surface area contributed by atoms with E-state index in [1.54, 1.807) is 12.1 Å². The van der Waals surface area contributed by atoms with E-state index in [-0.39, 0.29) is 10.8 Å². The van der Waals surface area contributed by atoms with Crippen molar-refractivity contribution in [2.24, 2.45) is 11.7 Å². The number of primary amides is 1. The van der Waals surface area contributed by atoms with Crippen molar-refractivity contribution >= 4 is 15.7 Å². The first-order valence-corrected chi connectivity index (χ1v) is 13.3. The normalized spacial score (nSPS) is 14.0. The van der Waals surface area contributed by atoms with E-state index < -0.39 is 39.6 Å². The number of rotatable bonds is 9. The minimum atomic E-state index is -4.46. The molecular formula is C27H29F3N2O3S. The Morgan fingerprint density at radius 1 is 0.861 bits per heavy atom. The van der Waals surface area contributed by atoms with Gasteiger partial charge in [0.2, 0.25) is 5.91 Å². The minimum Gasteiger partial charge on any atom is -0.368 e. The fraction of sp³-hybridized carbons (Fsp3) is 0.296. The lowest BCUT2D eigenvalue weighted by Crippen LogP contribution is -2.44. The summed E-state index contributed by atoms with van der Waals surface area (Å²) in [5, 5.41) is 3.24. The molecule has 3 N–H and O–H groups in total. The molecule has 0 saturated carbocycles. The summed E-state index contributed by atoms with van der Waals surface area (Å²) in [5.41, 5.74) is 7.80. The molecule has 5 nitrogen and oxygen atoms in total. The van der Waals surface area contributed by atoms with Crippen LogP contribution in [0.3, 0.4) is 0 Å². The third-order valence-electron chi connectivity index (χ3n) is 5.85. The van der Waals surface area contributed by atoms with Crippen LogP contribution >= 0.6 is 0 Å². The number of hydrogen-bond donors (Lipinski definition) is 2. The molecule has 3 rings (SSSR count). The summed E-state index contributed by atoms with van der Waals surface area (Å²) in [6, 6.07) is 17.4. The second-order valence-corrected chi connectivity index (χ2v) is 11.2. The molecule has 9 heteroatoms. The molecule has 0 radical (unpaired) electrons. The fourth-order valence-electron chi connectivity index (χ4n) is 3.95. The molecule has 2 atom stereocenters. The van der Waals surface area contributed by atoms with Gasteiger partial charge in [-0.05, 0) is 58.9 Å². The number of nitrogens with one attached hydrogen (secondary N) is 1. The van der Waals surface area contributed by atoms with E-state index in [4.69, 9.17) is 5.73 Å². The van der Waals surface area contributed by atoms with Gasteiger partial charge in [0.05, 0.1) is 22.5 Å². The zero-order valence-corrected chi connectivity index (χ0v) is 21.0. The zero-order valence-electron chi connectivity index (χ0n) is 20.2. The summed E-state index contributed by atoms with van der Waals surface area (Å²) in [4.78, 5) is 12.3. The van der Waals surface area contributed by atoms with Crippen molar-refractivity contribution in [3.63, 3.8) is 0 Å². The fourth-order valence-corrected chi connectivity index (χ4v) is 4.58. The van der Waals surface area contributed by atoms with Crippen LogP contribution in [0.2, 0.25) is 0 Å². The first kappa shape index (κ1) is 27.4. The zero-order chi connectivity index (χ0) is 26.7. The van der Waals surface area contributed by atoms with E-state index >= 15 is 0 Å². The Bertz CT molecular complexity index is 1290. The number of hydrogen-bond acceptors (Lipinski definition) is 4. The minimum absolute atomic E-state index is 0.167. The standard InChI is InChI=1S/C27H29F3N2O3S/c1-17(2)16-24(26(31)33)32-25(21-8-12-22(13-9-21)27(28,29)30)20-6-4-18(5-7-20)19-10-14-23(15-11-19)36(3,34)35/h4-15,17,24-25,32H,16H2,1-3H3,(H2,31,33)/t24-,25-/m0/s1. The van der Waals surface area contributed by atoms with Gasteiger partial charge in [0, 0.05) is 6.26 Å². The number of amides is 1. The van der Waals surface area contributed by atoms with E-state index in [9.17, 15) is 26.4 Å². The van der Waals surface area contributed by atoms with Gasteiger partial charge in [-0.2, -0.15) is 13.2 Å². The molecule has 0 aliphatic rings. The van der Waals surface area contributed by atoms with Gasteiger partial charge in [0.25, 0.3) is 0 Å². The predicted molar refractivity (Wildman–Crippen MR) is 134 cm³/mol. The molecule has 3 aromatic rings. The van der Waals surface area contributed by atoms with Gasteiger partial charge in [-0.15, -0.1) is 0 Å². The number of halogens is 3. The molecule has 0 heterocycles. The summed E-state index contributed by atoms with van der Waals surface area (Å²) in [6.07, 6.45) is -2.84. The molecule has 0 aromatic heterocycles. The van der Waals surface area contributed by atoms with Gasteiger partial charge >= 0.3 is 6.18 Å². The summed E-state index contributed by atoms with van der Waals surface area (Å²) in [7, 11) is -3.31. The van der Waals surface area contributed by atoms with Crippen molar-refractivity contribution in [2.75, 3.05) is 6.26 Å². The first-order valence-electron chi connectivity index (χ1n) is 11.4. The first-order chi connectivity index (χ1) is 16.8. The third-order valence-corrected chi connectivity index (χ3v) is 6.98. The second-order valence-electron chi connectivity index (χ2n) is 9.22. The van der Waals surface area contributed by atoms with Gasteiger partial charge in [0.15, 0.2) is 9.84 Å². The van der Waals surface area contributed by atoms with Crippen molar-refractivity contribution in [1.82, 2.24) is 5.32 Å². The molecule has 36 heavy (non-hydrogen) atoms. The molecule has 0 saturated heterocycles. The smallest absolute Gasteiger partial charge is 0.368 e. The van der Waals surface area contributed by atoms with Gasteiger partial charge in [-0.1, -0.05) is 62.4 Å². The second kappa shape index (κ2) is 10.8. The lowest BCUT2D eigenvalue weighted by atomic mass is 9.93. The molecule has 192 valence electrons. The Balaban J connectivity index is 1.97. The van der Waals surface area contributed by atoms with Crippen LogP contribution in [-0.4, -0.2) is 26.6 Å². The van der Waals surface area contributed by atoms with Crippen LogP contribution in [0.4, 0.5) is 13.2 Å². The Kier molecular flexibility index (Phi) is 8.26. The topological polar surface area (TPSA) is 89.3 Å². The summed E-state index contributed by atoms with van der Waals surface area (Å²) < 4.78 is 62.7. The molecule has 0 spiro atoms. The third kappa shape index (κ3) is 6.95. The van der Waals surface area contributed by atoms with Crippen LogP contribution in [0.1, 0.15) is 43.0 Å². The Morgan fingerprint density at radius 2 is 1.31 bits per heavy atom. The van der Waals surface area contributed by atoms with Crippen molar-refractivity contribution < 1.29 is 26.4 Å². The molecule has 0 aliphatic carbocycles. The average molecular weight is 519 g/mol. The number of carbonyl (C=O) groups excluding carboxylic acids is 1. The van der Waals surface area contributed by atoms with Crippen molar-refractivity contribution in [1.29, 1.82) is 0 Å². The Labute approximate surface area is 209 Å². The van der Waals surface area contributed by atoms with E-state index in [0.29, 0.717) is 12.0 Å². The van der Waals surface area contributed by atoms with E-state index in [1.807, 2.05) is 38.1 Å². The van der Waals surface area contributed by atoms with E-state index in [2.05, 4.69) is 5.32 Å². The van der Waals surface area contributed by atoms with Crippen LogP contribution in [0, 0.1) is 5.92 Å². The molecular weight excluding hydrogens is 489 g/mol. The Hall–Kier alpha value is -3.17. The highest BCUT2D eigenvalue weighted by molar-refractivity contribution is 7.90. The predicted octanol–water partition coefficient (Wildman–Crippen LogP) is 5.35. The van der Waals surface area contributed by atoms with Gasteiger partial charge in [-0.25, -0.2) is 8.42 Å².